The van der Waals surface area contributed by atoms with Gasteiger partial charge >= 0.3 is 5.97 Å². The Hall–Kier alpha value is -2.45. The highest BCUT2D eigenvalue weighted by atomic mass is 32.2. The number of carboxylic acid groups (broad SMARTS) is 1. The van der Waals surface area contributed by atoms with Crippen molar-refractivity contribution in [2.45, 2.75) is 43.0 Å². The summed E-state index contributed by atoms with van der Waals surface area (Å²) in [7, 11) is -3.91. The third-order valence-electron chi connectivity index (χ3n) is 5.97. The second kappa shape index (κ2) is 8.12. The van der Waals surface area contributed by atoms with Gasteiger partial charge in [0.05, 0.1) is 4.90 Å². The summed E-state index contributed by atoms with van der Waals surface area (Å²) < 4.78 is 33.4. The van der Waals surface area contributed by atoms with Crippen molar-refractivity contribution in [1.82, 2.24) is 9.29 Å². The standard InChI is InChI=1S/C21H24N2O5S/c24-21(25)20-19-4-2-1-3-15(19)11-14-23(20)29(26,27)18-7-5-16(6-8-18)28-17-9-12-22-13-10-17/h5-10,12-13,15,19-20H,1-4,11,14H2,(H,24,25). The normalized spacial score (nSPS) is 25.2. The molecule has 0 radical (unpaired) electrons. The van der Waals surface area contributed by atoms with E-state index in [1.54, 1.807) is 36.7 Å². The van der Waals surface area contributed by atoms with E-state index < -0.39 is 22.0 Å². The summed E-state index contributed by atoms with van der Waals surface area (Å²) in [6.07, 6.45) is 7.75. The number of aromatic nitrogens is 1. The minimum Gasteiger partial charge on any atom is -0.480 e. The van der Waals surface area contributed by atoms with Gasteiger partial charge in [-0.3, -0.25) is 9.78 Å². The second-order valence-corrected chi connectivity index (χ2v) is 9.54. The van der Waals surface area contributed by atoms with Crippen LogP contribution in [0.3, 0.4) is 0 Å². The van der Waals surface area contributed by atoms with Gasteiger partial charge in [0.1, 0.15) is 17.5 Å². The molecular weight excluding hydrogens is 392 g/mol. The summed E-state index contributed by atoms with van der Waals surface area (Å²) in [5.74, 6) is 0.228. The zero-order chi connectivity index (χ0) is 20.4. The van der Waals surface area contributed by atoms with Crippen LogP contribution in [-0.4, -0.2) is 41.4 Å². The first-order valence-corrected chi connectivity index (χ1v) is 11.3. The van der Waals surface area contributed by atoms with Crippen LogP contribution in [0.4, 0.5) is 0 Å². The molecule has 154 valence electrons. The van der Waals surface area contributed by atoms with Gasteiger partial charge in [0.25, 0.3) is 0 Å². The first-order valence-electron chi connectivity index (χ1n) is 9.89. The van der Waals surface area contributed by atoms with Crippen molar-refractivity contribution in [2.24, 2.45) is 11.8 Å². The maximum Gasteiger partial charge on any atom is 0.322 e. The van der Waals surface area contributed by atoms with E-state index in [0.29, 0.717) is 17.4 Å². The number of pyridine rings is 1. The Morgan fingerprint density at radius 2 is 1.66 bits per heavy atom. The number of benzene rings is 1. The van der Waals surface area contributed by atoms with Gasteiger partial charge in [0.2, 0.25) is 10.0 Å². The molecule has 29 heavy (non-hydrogen) atoms. The predicted octanol–water partition coefficient (Wildman–Crippen LogP) is 3.53. The van der Waals surface area contributed by atoms with Crippen molar-refractivity contribution in [1.29, 1.82) is 0 Å². The number of rotatable bonds is 5. The van der Waals surface area contributed by atoms with E-state index in [2.05, 4.69) is 4.98 Å². The third kappa shape index (κ3) is 4.00. The third-order valence-corrected chi connectivity index (χ3v) is 7.87. The molecule has 0 amide bonds. The second-order valence-electron chi connectivity index (χ2n) is 7.65. The Kier molecular flexibility index (Phi) is 5.56. The van der Waals surface area contributed by atoms with Gasteiger partial charge in [-0.2, -0.15) is 4.31 Å². The van der Waals surface area contributed by atoms with Crippen molar-refractivity contribution < 1.29 is 23.1 Å². The van der Waals surface area contributed by atoms with E-state index >= 15 is 0 Å². The smallest absolute Gasteiger partial charge is 0.322 e. The van der Waals surface area contributed by atoms with Crippen LogP contribution in [0.25, 0.3) is 0 Å². The lowest BCUT2D eigenvalue weighted by molar-refractivity contribution is -0.146. The quantitative estimate of drug-likeness (QED) is 0.801. The average Bonchev–Trinajstić information content (AvgIpc) is 2.74. The van der Waals surface area contributed by atoms with Crippen molar-refractivity contribution >= 4 is 16.0 Å². The van der Waals surface area contributed by atoms with Crippen LogP contribution in [-0.2, 0) is 14.8 Å². The molecule has 0 spiro atoms. The number of hydrogen-bond donors (Lipinski definition) is 1. The Morgan fingerprint density at radius 3 is 2.34 bits per heavy atom. The van der Waals surface area contributed by atoms with Gasteiger partial charge in [-0.15, -0.1) is 0 Å². The summed E-state index contributed by atoms with van der Waals surface area (Å²) in [4.78, 5) is 16.0. The lowest BCUT2D eigenvalue weighted by Gasteiger charge is -2.44. The van der Waals surface area contributed by atoms with Gasteiger partial charge in [0, 0.05) is 18.9 Å². The molecule has 1 aliphatic carbocycles. The molecule has 3 unspecified atom stereocenters. The van der Waals surface area contributed by atoms with Crippen LogP contribution >= 0.6 is 0 Å². The summed E-state index contributed by atoms with van der Waals surface area (Å²) >= 11 is 0. The lowest BCUT2D eigenvalue weighted by Crippen LogP contribution is -2.55. The highest BCUT2D eigenvalue weighted by molar-refractivity contribution is 7.89. The molecule has 1 saturated carbocycles. The van der Waals surface area contributed by atoms with Crippen LogP contribution in [0.15, 0.2) is 53.7 Å². The molecule has 7 nitrogen and oxygen atoms in total. The van der Waals surface area contributed by atoms with Crippen LogP contribution in [0.2, 0.25) is 0 Å². The minimum atomic E-state index is -3.91. The summed E-state index contributed by atoms with van der Waals surface area (Å²) in [6, 6.07) is 8.52. The molecule has 1 aromatic heterocycles. The molecule has 3 atom stereocenters. The van der Waals surface area contributed by atoms with Crippen molar-refractivity contribution in [2.75, 3.05) is 6.54 Å². The monoisotopic (exact) mass is 416 g/mol. The highest BCUT2D eigenvalue weighted by Crippen LogP contribution is 2.42. The SMILES string of the molecule is O=C(O)C1C2CCCCC2CCN1S(=O)(=O)c1ccc(Oc2ccncc2)cc1. The number of sulfonamides is 1. The molecular formula is C21H24N2O5S. The molecule has 1 N–H and O–H groups in total. The number of hydrogen-bond acceptors (Lipinski definition) is 5. The van der Waals surface area contributed by atoms with E-state index in [-0.39, 0.29) is 17.4 Å². The number of nitrogens with zero attached hydrogens (tertiary/aromatic N) is 2. The molecule has 2 aromatic rings. The zero-order valence-electron chi connectivity index (χ0n) is 16.0. The number of carboxylic acids is 1. The van der Waals surface area contributed by atoms with Crippen LogP contribution in [0, 0.1) is 11.8 Å². The number of piperidine rings is 1. The van der Waals surface area contributed by atoms with Crippen LogP contribution < -0.4 is 4.74 Å². The maximum absolute atomic E-state index is 13.3. The van der Waals surface area contributed by atoms with Gasteiger partial charge in [-0.1, -0.05) is 19.3 Å². The molecule has 2 aliphatic rings. The zero-order valence-corrected chi connectivity index (χ0v) is 16.8. The Balaban J connectivity index is 1.57. The number of carbonyl (C=O) groups is 1. The topological polar surface area (TPSA) is 96.8 Å². The molecule has 8 heteroatoms. The van der Waals surface area contributed by atoms with Crippen LogP contribution in [0.5, 0.6) is 11.5 Å². The van der Waals surface area contributed by atoms with Crippen molar-refractivity contribution in [3.63, 3.8) is 0 Å². The largest absolute Gasteiger partial charge is 0.480 e. The molecule has 1 aromatic carbocycles. The van der Waals surface area contributed by atoms with Crippen LogP contribution in [0.1, 0.15) is 32.1 Å². The maximum atomic E-state index is 13.3. The molecule has 2 fully saturated rings. The fourth-order valence-corrected chi connectivity index (χ4v) is 6.23. The van der Waals surface area contributed by atoms with E-state index in [1.165, 1.54) is 16.4 Å². The van der Waals surface area contributed by atoms with E-state index in [9.17, 15) is 18.3 Å². The summed E-state index contributed by atoms with van der Waals surface area (Å²) in [5.41, 5.74) is 0. The minimum absolute atomic E-state index is 0.0834. The molecule has 0 bridgehead atoms. The first kappa shape index (κ1) is 19.8. The average molecular weight is 416 g/mol. The number of fused-ring (bicyclic) bond motifs is 1. The van der Waals surface area contributed by atoms with Gasteiger partial charge in [-0.05, 0) is 61.1 Å². The Morgan fingerprint density at radius 1 is 1.00 bits per heavy atom. The highest BCUT2D eigenvalue weighted by Gasteiger charge is 2.47. The molecule has 2 heterocycles. The van der Waals surface area contributed by atoms with E-state index in [0.717, 1.165) is 32.1 Å². The first-order chi connectivity index (χ1) is 14.0. The van der Waals surface area contributed by atoms with Gasteiger partial charge < -0.3 is 9.84 Å². The van der Waals surface area contributed by atoms with E-state index in [4.69, 9.17) is 4.74 Å². The lowest BCUT2D eigenvalue weighted by atomic mass is 9.71. The molecule has 4 rings (SSSR count). The van der Waals surface area contributed by atoms with Crippen molar-refractivity contribution in [3.05, 3.63) is 48.8 Å². The Labute approximate surface area is 170 Å². The number of ether oxygens (including phenoxy) is 1. The summed E-state index contributed by atoms with van der Waals surface area (Å²) in [5, 5.41) is 9.83. The van der Waals surface area contributed by atoms with Crippen molar-refractivity contribution in [3.8, 4) is 11.5 Å². The Bertz CT molecular complexity index is 962. The van der Waals surface area contributed by atoms with Gasteiger partial charge in [0.15, 0.2) is 0 Å². The van der Waals surface area contributed by atoms with E-state index in [1.807, 2.05) is 0 Å². The molecule has 1 aliphatic heterocycles. The fourth-order valence-electron chi connectivity index (χ4n) is 4.59. The predicted molar refractivity (Wildman–Crippen MR) is 106 cm³/mol. The fraction of sp³-hybridized carbons (Fsp3) is 0.429. The summed E-state index contributed by atoms with van der Waals surface area (Å²) in [6.45, 7) is 0.246. The van der Waals surface area contributed by atoms with Gasteiger partial charge in [-0.25, -0.2) is 8.42 Å². The number of aliphatic carboxylic acids is 1. The molecule has 1 saturated heterocycles.